The number of hydrogen-bond donors (Lipinski definition) is 0. The van der Waals surface area contributed by atoms with Crippen molar-refractivity contribution in [2.75, 3.05) is 12.9 Å². The van der Waals surface area contributed by atoms with Crippen LogP contribution in [0, 0.1) is 12.8 Å². The fourth-order valence-corrected chi connectivity index (χ4v) is 8.39. The number of aromatic nitrogens is 3. The second-order valence-corrected chi connectivity index (χ2v) is 16.7. The van der Waals surface area contributed by atoms with Crippen LogP contribution in [0.1, 0.15) is 22.9 Å². The van der Waals surface area contributed by atoms with E-state index in [0.717, 1.165) is 11.1 Å². The molecule has 2 atom stereocenters. The number of fused-ring (bicyclic) bond motifs is 1. The minimum atomic E-state index is -3.65. The van der Waals surface area contributed by atoms with Gasteiger partial charge in [0, 0.05) is 8.07 Å². The van der Waals surface area contributed by atoms with Crippen LogP contribution in [0.15, 0.2) is 30.5 Å². The number of benzene rings is 1. The Labute approximate surface area is 179 Å². The van der Waals surface area contributed by atoms with E-state index >= 15 is 0 Å². The molecule has 0 fully saturated rings. The van der Waals surface area contributed by atoms with Crippen molar-refractivity contribution in [3.8, 4) is 0 Å². The molecule has 0 N–H and O–H groups in total. The van der Waals surface area contributed by atoms with Crippen molar-refractivity contribution in [2.24, 2.45) is 5.92 Å². The molecular weight excluding hydrogens is 420 g/mol. The van der Waals surface area contributed by atoms with E-state index in [2.05, 4.69) is 30.0 Å². The molecule has 1 aromatic heterocycles. The fourth-order valence-electron chi connectivity index (χ4n) is 3.73. The number of carbonyl (C=O) groups excluding carboxylic acids is 1. The maximum absolute atomic E-state index is 13.6. The predicted molar refractivity (Wildman–Crippen MR) is 117 cm³/mol. The summed E-state index contributed by atoms with van der Waals surface area (Å²) in [5, 5.41) is 8.00. The molecule has 1 aliphatic rings. The molecular formula is C20H30N4O4SSi. The second kappa shape index (κ2) is 8.60. The lowest BCUT2D eigenvalue weighted by atomic mass is 9.92. The summed E-state index contributed by atoms with van der Waals surface area (Å²) in [6.07, 6.45) is 1.56. The van der Waals surface area contributed by atoms with Crippen molar-refractivity contribution in [3.05, 3.63) is 47.3 Å². The molecule has 0 amide bonds. The van der Waals surface area contributed by atoms with Crippen LogP contribution in [0.5, 0.6) is 0 Å². The lowest BCUT2D eigenvalue weighted by Crippen LogP contribution is -2.42. The highest BCUT2D eigenvalue weighted by Crippen LogP contribution is 2.37. The third kappa shape index (κ3) is 4.98. The molecule has 3 rings (SSSR count). The zero-order chi connectivity index (χ0) is 22.1. The first kappa shape index (κ1) is 22.6. The van der Waals surface area contributed by atoms with Crippen LogP contribution in [0.3, 0.4) is 0 Å². The molecule has 0 saturated heterocycles. The van der Waals surface area contributed by atoms with Crippen molar-refractivity contribution in [2.45, 2.75) is 51.7 Å². The number of aryl methyl sites for hydroxylation is 1. The van der Waals surface area contributed by atoms with Gasteiger partial charge >= 0.3 is 5.97 Å². The Hall–Kier alpha value is -2.04. The van der Waals surface area contributed by atoms with Crippen LogP contribution < -0.4 is 0 Å². The minimum absolute atomic E-state index is 0.0560. The third-order valence-electron chi connectivity index (χ3n) is 5.43. The van der Waals surface area contributed by atoms with Gasteiger partial charge in [0.05, 0.1) is 49.8 Å². The quantitative estimate of drug-likeness (QED) is 0.496. The van der Waals surface area contributed by atoms with Crippen molar-refractivity contribution in [1.82, 2.24) is 19.3 Å². The molecule has 2 heterocycles. The molecule has 0 saturated carbocycles. The number of nitrogens with zero attached hydrogens (tertiary/aromatic N) is 4. The van der Waals surface area contributed by atoms with Gasteiger partial charge in [-0.05, 0) is 18.5 Å². The van der Waals surface area contributed by atoms with Gasteiger partial charge in [-0.2, -0.15) is 4.31 Å². The molecule has 164 valence electrons. The van der Waals surface area contributed by atoms with Gasteiger partial charge < -0.3 is 4.74 Å². The van der Waals surface area contributed by atoms with Crippen LogP contribution in [0.2, 0.25) is 25.7 Å². The van der Waals surface area contributed by atoms with Gasteiger partial charge in [-0.1, -0.05) is 54.7 Å². The van der Waals surface area contributed by atoms with Crippen LogP contribution in [0.4, 0.5) is 0 Å². The van der Waals surface area contributed by atoms with Gasteiger partial charge in [0.2, 0.25) is 10.0 Å². The second-order valence-electron chi connectivity index (χ2n) is 9.07. The fraction of sp³-hybridized carbons (Fsp3) is 0.550. The van der Waals surface area contributed by atoms with Crippen LogP contribution in [-0.4, -0.2) is 54.6 Å². The molecule has 2 aromatic rings. The summed E-state index contributed by atoms with van der Waals surface area (Å²) in [5.41, 5.74) is 2.44. The first-order chi connectivity index (χ1) is 14.0. The zero-order valence-electron chi connectivity index (χ0n) is 18.2. The Bertz CT molecular complexity index is 1020. The molecule has 1 aliphatic heterocycles. The van der Waals surface area contributed by atoms with Crippen LogP contribution >= 0.6 is 0 Å². The van der Waals surface area contributed by atoms with E-state index in [4.69, 9.17) is 4.74 Å². The minimum Gasteiger partial charge on any atom is -0.469 e. The Kier molecular flexibility index (Phi) is 6.49. The molecule has 0 bridgehead atoms. The normalized spacial score (nSPS) is 20.4. The smallest absolute Gasteiger partial charge is 0.312 e. The first-order valence-corrected chi connectivity index (χ1v) is 15.3. The summed E-state index contributed by atoms with van der Waals surface area (Å²) < 4.78 is 35.3. The molecule has 0 spiro atoms. The summed E-state index contributed by atoms with van der Waals surface area (Å²) >= 11 is 0. The number of ether oxygens (including phenoxy) is 1. The lowest BCUT2D eigenvalue weighted by Gasteiger charge is -2.33. The van der Waals surface area contributed by atoms with E-state index in [1.54, 1.807) is 10.9 Å². The van der Waals surface area contributed by atoms with Crippen molar-refractivity contribution < 1.29 is 17.9 Å². The predicted octanol–water partition coefficient (Wildman–Crippen LogP) is 2.60. The van der Waals surface area contributed by atoms with E-state index in [1.807, 2.05) is 31.2 Å². The van der Waals surface area contributed by atoms with Gasteiger partial charge in [-0.25, -0.2) is 13.1 Å². The van der Waals surface area contributed by atoms with Crippen molar-refractivity contribution in [3.63, 3.8) is 0 Å². The highest BCUT2D eigenvalue weighted by atomic mass is 32.2. The summed E-state index contributed by atoms with van der Waals surface area (Å²) in [5.74, 6) is -1.14. The largest absolute Gasteiger partial charge is 0.469 e. The number of methoxy groups -OCH3 is 1. The van der Waals surface area contributed by atoms with Gasteiger partial charge in [0.15, 0.2) is 0 Å². The lowest BCUT2D eigenvalue weighted by molar-refractivity contribution is -0.148. The summed E-state index contributed by atoms with van der Waals surface area (Å²) in [6.45, 7) is 8.73. The highest BCUT2D eigenvalue weighted by molar-refractivity contribution is 7.89. The Morgan fingerprint density at radius 3 is 2.67 bits per heavy atom. The highest BCUT2D eigenvalue weighted by Gasteiger charge is 2.43. The number of rotatable bonds is 6. The standard InChI is InChI=1S/C20H30N4O4SSi/c1-15-7-6-8-16(11-15)19-18(20(25)28-2)14-23-17(12-21-22-23)13-24(19)29(26,27)9-10-30(3,4)5/h6-8,11-12,18-19H,9-10,13-14H2,1-5H3/t18-,19+/m1/s1. The van der Waals surface area contributed by atoms with Crippen LogP contribution in [0.25, 0.3) is 0 Å². The number of carbonyl (C=O) groups is 1. The van der Waals surface area contributed by atoms with E-state index in [9.17, 15) is 13.2 Å². The molecule has 10 heteroatoms. The van der Waals surface area contributed by atoms with Gasteiger partial charge in [-0.15, -0.1) is 5.10 Å². The number of esters is 1. The Morgan fingerprint density at radius 2 is 2.03 bits per heavy atom. The van der Waals surface area contributed by atoms with Crippen molar-refractivity contribution >= 4 is 24.1 Å². The maximum atomic E-state index is 13.6. The molecule has 0 aliphatic carbocycles. The number of sulfonamides is 1. The summed E-state index contributed by atoms with van der Waals surface area (Å²) in [4.78, 5) is 12.8. The Morgan fingerprint density at radius 1 is 1.30 bits per heavy atom. The summed E-state index contributed by atoms with van der Waals surface area (Å²) in [7, 11) is -3.91. The van der Waals surface area contributed by atoms with E-state index in [1.165, 1.54) is 11.4 Å². The summed E-state index contributed by atoms with van der Waals surface area (Å²) in [6, 6.07) is 7.62. The van der Waals surface area contributed by atoms with Gasteiger partial charge in [0.25, 0.3) is 0 Å². The topological polar surface area (TPSA) is 94.4 Å². The first-order valence-electron chi connectivity index (χ1n) is 10.0. The van der Waals surface area contributed by atoms with Gasteiger partial charge in [0.1, 0.15) is 0 Å². The maximum Gasteiger partial charge on any atom is 0.312 e. The van der Waals surface area contributed by atoms with E-state index in [-0.39, 0.29) is 18.8 Å². The third-order valence-corrected chi connectivity index (χ3v) is 9.33. The molecule has 30 heavy (non-hydrogen) atoms. The van der Waals surface area contributed by atoms with E-state index < -0.39 is 36.0 Å². The monoisotopic (exact) mass is 450 g/mol. The molecule has 1 aromatic carbocycles. The average molecular weight is 451 g/mol. The average Bonchev–Trinajstić information content (AvgIpc) is 3.04. The molecule has 8 nitrogen and oxygen atoms in total. The SMILES string of the molecule is COC(=O)[C@@H]1Cn2nncc2CN(S(=O)(=O)CC[Si](C)(C)C)[C@H]1c1cccc(C)c1. The van der Waals surface area contributed by atoms with Crippen LogP contribution in [-0.2, 0) is 32.6 Å². The van der Waals surface area contributed by atoms with E-state index in [0.29, 0.717) is 11.7 Å². The molecule has 0 radical (unpaired) electrons. The van der Waals surface area contributed by atoms with Gasteiger partial charge in [-0.3, -0.25) is 4.79 Å². The van der Waals surface area contributed by atoms with Crippen molar-refractivity contribution in [1.29, 1.82) is 0 Å². The Balaban J connectivity index is 2.14. The number of hydrogen-bond acceptors (Lipinski definition) is 6. The zero-order valence-corrected chi connectivity index (χ0v) is 20.0. The molecule has 0 unspecified atom stereocenters.